The van der Waals surface area contributed by atoms with E-state index in [-0.39, 0.29) is 5.54 Å². The first kappa shape index (κ1) is 11.9. The van der Waals surface area contributed by atoms with Crippen LogP contribution in [0.5, 0.6) is 0 Å². The summed E-state index contributed by atoms with van der Waals surface area (Å²) in [4.78, 5) is 14.6. The van der Waals surface area contributed by atoms with Gasteiger partial charge in [0.15, 0.2) is 0 Å². The summed E-state index contributed by atoms with van der Waals surface area (Å²) in [5.74, 6) is 0. The highest BCUT2D eigenvalue weighted by molar-refractivity contribution is 5.42. The van der Waals surface area contributed by atoms with Crippen LogP contribution in [0.25, 0.3) is 5.69 Å². The van der Waals surface area contributed by atoms with Gasteiger partial charge < -0.3 is 0 Å². The molecule has 4 nitrogen and oxygen atoms in total. The van der Waals surface area contributed by atoms with Gasteiger partial charge in [-0.2, -0.15) is 10.1 Å². The van der Waals surface area contributed by atoms with Gasteiger partial charge in [-0.15, -0.1) is 0 Å². The van der Waals surface area contributed by atoms with Crippen molar-refractivity contribution >= 4 is 6.08 Å². The van der Waals surface area contributed by atoms with Crippen LogP contribution in [-0.2, 0) is 10.3 Å². The van der Waals surface area contributed by atoms with Crippen molar-refractivity contribution in [2.24, 2.45) is 4.99 Å². The molecule has 0 bridgehead atoms. The smallest absolute Gasteiger partial charge is 0.235 e. The molecule has 0 N–H and O–H groups in total. The van der Waals surface area contributed by atoms with Gasteiger partial charge in [-0.1, -0.05) is 12.1 Å². The SMILES string of the molecule is Cc1cnn(-c2ccc(C3(N=C=O)CCC3)cc2)c1. The van der Waals surface area contributed by atoms with Gasteiger partial charge in [0.2, 0.25) is 6.08 Å². The minimum absolute atomic E-state index is 0.319. The average molecular weight is 253 g/mol. The van der Waals surface area contributed by atoms with E-state index in [2.05, 4.69) is 10.1 Å². The molecule has 1 saturated carbocycles. The molecule has 0 radical (unpaired) electrons. The van der Waals surface area contributed by atoms with Crippen molar-refractivity contribution < 1.29 is 4.79 Å². The maximum absolute atomic E-state index is 10.6. The largest absolute Gasteiger partial charge is 0.241 e. The highest BCUT2D eigenvalue weighted by Gasteiger charge is 2.38. The highest BCUT2D eigenvalue weighted by Crippen LogP contribution is 2.44. The van der Waals surface area contributed by atoms with Crippen LogP contribution in [0.3, 0.4) is 0 Å². The van der Waals surface area contributed by atoms with Crippen molar-refractivity contribution in [1.82, 2.24) is 9.78 Å². The molecule has 0 aliphatic heterocycles. The first-order chi connectivity index (χ1) is 9.23. The summed E-state index contributed by atoms with van der Waals surface area (Å²) in [6.07, 6.45) is 8.51. The predicted molar refractivity (Wildman–Crippen MR) is 72.0 cm³/mol. The number of nitrogens with zero attached hydrogens (tertiary/aromatic N) is 3. The van der Waals surface area contributed by atoms with Crippen molar-refractivity contribution in [3.63, 3.8) is 0 Å². The quantitative estimate of drug-likeness (QED) is 0.623. The van der Waals surface area contributed by atoms with Gasteiger partial charge in [-0.3, -0.25) is 0 Å². The van der Waals surface area contributed by atoms with Gasteiger partial charge in [-0.05, 0) is 49.4 Å². The Morgan fingerprint density at radius 2 is 2.05 bits per heavy atom. The Kier molecular flexibility index (Phi) is 2.80. The lowest BCUT2D eigenvalue weighted by molar-refractivity contribution is 0.256. The van der Waals surface area contributed by atoms with Crippen LogP contribution in [0.2, 0.25) is 0 Å². The first-order valence-corrected chi connectivity index (χ1v) is 6.45. The number of aliphatic imine (C=N–C) groups is 1. The number of isocyanates is 1. The normalized spacial score (nSPS) is 16.5. The second kappa shape index (κ2) is 4.48. The summed E-state index contributed by atoms with van der Waals surface area (Å²) >= 11 is 0. The van der Waals surface area contributed by atoms with Gasteiger partial charge in [-0.25, -0.2) is 9.48 Å². The maximum atomic E-state index is 10.6. The molecule has 4 heteroatoms. The molecule has 96 valence electrons. The lowest BCUT2D eigenvalue weighted by Gasteiger charge is -2.37. The van der Waals surface area contributed by atoms with Crippen LogP contribution >= 0.6 is 0 Å². The van der Waals surface area contributed by atoms with E-state index in [0.29, 0.717) is 0 Å². The first-order valence-electron chi connectivity index (χ1n) is 6.45. The second-order valence-corrected chi connectivity index (χ2v) is 5.10. The highest BCUT2D eigenvalue weighted by atomic mass is 16.1. The molecule has 1 heterocycles. The fourth-order valence-corrected chi connectivity index (χ4v) is 2.54. The molecule has 1 aromatic carbocycles. The monoisotopic (exact) mass is 253 g/mol. The standard InChI is InChI=1S/C15H15N3O/c1-12-9-17-18(10-12)14-5-3-13(4-6-14)15(16-11-19)7-2-8-15/h3-6,9-10H,2,7-8H2,1H3. The number of rotatable bonds is 3. The third kappa shape index (κ3) is 2.00. The van der Waals surface area contributed by atoms with E-state index in [1.54, 1.807) is 6.08 Å². The summed E-state index contributed by atoms with van der Waals surface area (Å²) < 4.78 is 1.84. The fourth-order valence-electron chi connectivity index (χ4n) is 2.54. The zero-order chi connectivity index (χ0) is 13.3. The molecule has 1 aromatic heterocycles. The van der Waals surface area contributed by atoms with Crippen molar-refractivity contribution in [3.05, 3.63) is 47.8 Å². The van der Waals surface area contributed by atoms with Gasteiger partial charge in [0.05, 0.1) is 17.4 Å². The van der Waals surface area contributed by atoms with Crippen molar-refractivity contribution in [2.45, 2.75) is 31.7 Å². The van der Waals surface area contributed by atoms with Crippen LogP contribution in [0.4, 0.5) is 0 Å². The Bertz CT molecular complexity index is 632. The molecule has 0 atom stereocenters. The zero-order valence-corrected chi connectivity index (χ0v) is 10.8. The third-order valence-corrected chi connectivity index (χ3v) is 3.82. The molecule has 0 unspecified atom stereocenters. The summed E-state index contributed by atoms with van der Waals surface area (Å²) in [5.41, 5.74) is 2.92. The minimum Gasteiger partial charge on any atom is -0.241 e. The van der Waals surface area contributed by atoms with E-state index < -0.39 is 0 Å². The minimum atomic E-state index is -0.319. The summed E-state index contributed by atoms with van der Waals surface area (Å²) in [5, 5.41) is 4.28. The molecule has 3 rings (SSSR count). The van der Waals surface area contributed by atoms with Gasteiger partial charge in [0.25, 0.3) is 0 Å². The zero-order valence-electron chi connectivity index (χ0n) is 10.8. The van der Waals surface area contributed by atoms with Crippen molar-refractivity contribution in [2.75, 3.05) is 0 Å². The van der Waals surface area contributed by atoms with Crippen molar-refractivity contribution in [3.8, 4) is 5.69 Å². The summed E-state index contributed by atoms with van der Waals surface area (Å²) in [6.45, 7) is 2.01. The van der Waals surface area contributed by atoms with E-state index in [4.69, 9.17) is 0 Å². The molecular formula is C15H15N3O. The Hall–Kier alpha value is -2.19. The molecule has 2 aromatic rings. The van der Waals surface area contributed by atoms with Crippen LogP contribution in [0.1, 0.15) is 30.4 Å². The molecule has 1 fully saturated rings. The molecule has 0 spiro atoms. The topological polar surface area (TPSA) is 47.2 Å². The van der Waals surface area contributed by atoms with E-state index in [0.717, 1.165) is 36.1 Å². The third-order valence-electron chi connectivity index (χ3n) is 3.82. The number of carbonyl (C=O) groups excluding carboxylic acids is 1. The Morgan fingerprint density at radius 1 is 1.32 bits per heavy atom. The van der Waals surface area contributed by atoms with Crippen LogP contribution < -0.4 is 0 Å². The number of aryl methyl sites for hydroxylation is 1. The number of hydrogen-bond acceptors (Lipinski definition) is 3. The summed E-state index contributed by atoms with van der Waals surface area (Å²) in [7, 11) is 0. The molecule has 0 saturated heterocycles. The number of aromatic nitrogens is 2. The Morgan fingerprint density at radius 3 is 2.53 bits per heavy atom. The molecule has 1 aliphatic rings. The fraction of sp³-hybridized carbons (Fsp3) is 0.333. The lowest BCUT2D eigenvalue weighted by atomic mass is 9.72. The van der Waals surface area contributed by atoms with Crippen LogP contribution in [0.15, 0.2) is 41.7 Å². The average Bonchev–Trinajstić information content (AvgIpc) is 2.81. The number of hydrogen-bond donors (Lipinski definition) is 0. The Labute approximate surface area is 111 Å². The van der Waals surface area contributed by atoms with E-state index in [9.17, 15) is 4.79 Å². The van der Waals surface area contributed by atoms with Crippen LogP contribution in [-0.4, -0.2) is 15.9 Å². The van der Waals surface area contributed by atoms with Crippen molar-refractivity contribution in [1.29, 1.82) is 0 Å². The second-order valence-electron chi connectivity index (χ2n) is 5.10. The molecule has 1 aliphatic carbocycles. The predicted octanol–water partition coefficient (Wildman–Crippen LogP) is 2.90. The van der Waals surface area contributed by atoms with E-state index >= 15 is 0 Å². The molecule has 19 heavy (non-hydrogen) atoms. The van der Waals surface area contributed by atoms with Gasteiger partial charge in [0.1, 0.15) is 0 Å². The van der Waals surface area contributed by atoms with E-state index in [1.165, 1.54) is 0 Å². The molecular weight excluding hydrogens is 238 g/mol. The van der Waals surface area contributed by atoms with E-state index in [1.807, 2.05) is 48.3 Å². The maximum Gasteiger partial charge on any atom is 0.235 e. The van der Waals surface area contributed by atoms with Crippen LogP contribution in [0, 0.1) is 6.92 Å². The van der Waals surface area contributed by atoms with Gasteiger partial charge in [0, 0.05) is 6.20 Å². The molecule has 0 amide bonds. The number of benzene rings is 1. The summed E-state index contributed by atoms with van der Waals surface area (Å²) in [6, 6.07) is 8.10. The Balaban J connectivity index is 1.92. The van der Waals surface area contributed by atoms with Gasteiger partial charge >= 0.3 is 0 Å². The lowest BCUT2D eigenvalue weighted by Crippen LogP contribution is -2.31.